The van der Waals surface area contributed by atoms with Crippen LogP contribution in [-0.2, 0) is 28.8 Å². The van der Waals surface area contributed by atoms with Gasteiger partial charge in [-0.15, -0.1) is 11.8 Å². The van der Waals surface area contributed by atoms with Crippen LogP contribution in [0, 0.1) is 0 Å². The van der Waals surface area contributed by atoms with E-state index in [4.69, 9.17) is 5.73 Å². The average molecular weight is 771 g/mol. The van der Waals surface area contributed by atoms with Gasteiger partial charge in [0.05, 0.1) is 0 Å². The molecule has 0 aliphatic carbocycles. The zero-order valence-electron chi connectivity index (χ0n) is 29.7. The molecule has 0 spiro atoms. The molecule has 9 N–H and O–H groups in total. The number of anilines is 1. The molecule has 0 unspecified atom stereocenters. The van der Waals surface area contributed by atoms with Crippen LogP contribution in [0.4, 0.5) is 5.69 Å². The summed E-state index contributed by atoms with van der Waals surface area (Å²) >= 11 is 1.24. The number of pyridine rings is 1. The molecule has 0 bridgehead atoms. The molecule has 2 fully saturated rings. The van der Waals surface area contributed by atoms with Crippen LogP contribution >= 0.6 is 11.8 Å². The number of nitrogens with one attached hydrogen (secondary N) is 5. The monoisotopic (exact) mass is 770 g/mol. The molecular formula is C35H37N7NaO10S. The van der Waals surface area contributed by atoms with Crippen molar-refractivity contribution >= 4 is 88.4 Å². The summed E-state index contributed by atoms with van der Waals surface area (Å²) in [4.78, 5) is 104. The summed E-state index contributed by atoms with van der Waals surface area (Å²) < 4.78 is -0.826. The second kappa shape index (κ2) is 16.9. The molecule has 2 saturated heterocycles. The molecule has 3 heterocycles. The van der Waals surface area contributed by atoms with Crippen molar-refractivity contribution in [3.05, 3.63) is 82.1 Å². The molecule has 6 amide bonds. The SMILES string of the molecule is CC(=O)N[C@@H](CCC(N)=O)C(=O)Nc1ccc(-c2ccc(C(=O)N[C@@H](C(=O)N[C@@H]3C(=O)N4[C@@H]3SC(C)(C)[C@@H]4C(=O)O)c3ccc(O)cc3)c(=O)[nH]2)cc1.[Na]. The van der Waals surface area contributed by atoms with Crippen molar-refractivity contribution < 1.29 is 43.8 Å². The minimum Gasteiger partial charge on any atom is -0.508 e. The number of aromatic nitrogens is 1. The van der Waals surface area contributed by atoms with E-state index in [9.17, 15) is 48.6 Å². The number of benzene rings is 2. The van der Waals surface area contributed by atoms with Crippen molar-refractivity contribution in [2.75, 3.05) is 5.32 Å². The Morgan fingerprint density at radius 2 is 1.59 bits per heavy atom. The van der Waals surface area contributed by atoms with Crippen molar-refractivity contribution in [1.82, 2.24) is 25.8 Å². The fourth-order valence-electron chi connectivity index (χ4n) is 6.14. The molecule has 17 nitrogen and oxygen atoms in total. The van der Waals surface area contributed by atoms with Crippen LogP contribution in [0.3, 0.4) is 0 Å². The summed E-state index contributed by atoms with van der Waals surface area (Å²) in [7, 11) is 0. The Morgan fingerprint density at radius 3 is 2.17 bits per heavy atom. The molecule has 5 atom stereocenters. The molecule has 54 heavy (non-hydrogen) atoms. The van der Waals surface area contributed by atoms with Crippen molar-refractivity contribution in [2.45, 2.75) is 67.9 Å². The second-order valence-corrected chi connectivity index (χ2v) is 14.8. The largest absolute Gasteiger partial charge is 0.508 e. The first-order chi connectivity index (χ1) is 25.0. The zero-order valence-corrected chi connectivity index (χ0v) is 32.5. The number of nitrogens with two attached hydrogens (primary N) is 1. The maximum absolute atomic E-state index is 13.6. The van der Waals surface area contributed by atoms with Crippen molar-refractivity contribution in [2.24, 2.45) is 5.73 Å². The van der Waals surface area contributed by atoms with Gasteiger partial charge in [-0.1, -0.05) is 24.3 Å². The number of phenols is 1. The Kier molecular flexibility index (Phi) is 13.0. The number of nitrogens with zero attached hydrogens (tertiary/aromatic N) is 1. The van der Waals surface area contributed by atoms with Gasteiger partial charge < -0.3 is 47.1 Å². The van der Waals surface area contributed by atoms with Gasteiger partial charge in [0.2, 0.25) is 29.5 Å². The number of aromatic hydroxyl groups is 1. The van der Waals surface area contributed by atoms with Gasteiger partial charge in [-0.25, -0.2) is 4.79 Å². The van der Waals surface area contributed by atoms with E-state index < -0.39 is 81.3 Å². The van der Waals surface area contributed by atoms with Crippen LogP contribution in [0.1, 0.15) is 55.6 Å². The molecule has 5 rings (SSSR count). The fourth-order valence-corrected chi connectivity index (χ4v) is 7.77. The number of amides is 6. The van der Waals surface area contributed by atoms with Crippen LogP contribution in [0.15, 0.2) is 65.5 Å². The summed E-state index contributed by atoms with van der Waals surface area (Å²) in [6, 6.07) is 9.83. The van der Waals surface area contributed by atoms with E-state index in [-0.39, 0.29) is 59.3 Å². The predicted molar refractivity (Wildman–Crippen MR) is 197 cm³/mol. The predicted octanol–water partition coefficient (Wildman–Crippen LogP) is 0.178. The Hall–Kier alpha value is -5.17. The number of aromatic amines is 1. The molecule has 1 aromatic heterocycles. The van der Waals surface area contributed by atoms with Gasteiger partial charge in [0, 0.05) is 59.0 Å². The molecular weight excluding hydrogens is 733 g/mol. The summed E-state index contributed by atoms with van der Waals surface area (Å²) in [6.07, 6.45) is -0.106. The molecule has 19 heteroatoms. The van der Waals surface area contributed by atoms with Crippen LogP contribution in [0.5, 0.6) is 5.75 Å². The van der Waals surface area contributed by atoms with E-state index in [1.54, 1.807) is 38.1 Å². The summed E-state index contributed by atoms with van der Waals surface area (Å²) in [5.41, 5.74) is 5.47. The Balaban J connectivity index is 0.00000650. The molecule has 2 aliphatic heterocycles. The van der Waals surface area contributed by atoms with Gasteiger partial charge >= 0.3 is 5.97 Å². The normalized spacial score (nSPS) is 19.1. The number of hydrogen-bond acceptors (Lipinski definition) is 10. The van der Waals surface area contributed by atoms with Crippen molar-refractivity contribution in [3.63, 3.8) is 0 Å². The minimum absolute atomic E-state index is 0. The number of phenolic OH excluding ortho intramolecular Hbond substituents is 1. The number of rotatable bonds is 13. The molecule has 0 saturated carbocycles. The maximum atomic E-state index is 13.6. The Bertz CT molecular complexity index is 2040. The number of hydrogen-bond donors (Lipinski definition) is 8. The van der Waals surface area contributed by atoms with Crippen LogP contribution in [-0.4, -0.2) is 119 Å². The van der Waals surface area contributed by atoms with E-state index in [0.29, 0.717) is 16.9 Å². The number of fused-ring (bicyclic) bond motifs is 1. The first kappa shape index (κ1) is 41.6. The minimum atomic E-state index is -1.41. The number of β-lactam (4-membered cyclic amide) rings is 1. The molecule has 2 aromatic carbocycles. The number of carboxylic acids is 1. The third-order valence-corrected chi connectivity index (χ3v) is 10.3. The standard InChI is InChI=1S/C35H37N7O10S.Na/c1-16(43)37-23(14-15-24(36)45)30(48)38-19-8-4-17(5-9-19)22-13-12-21(28(46)39-22)29(47)40-25(18-6-10-20(44)11-7-18)31(49)41-26-32(50)42-27(34(51)52)35(2,3)53-33(26)42;/h4-13,23,25-27,33,44H,14-15H2,1-3H3,(H2,36,45)(H,37,43)(H,38,48)(H,39,46)(H,40,47)(H,41,49)(H,51,52);/t23-,25+,26+,27-,33+;/m0./s1. The third-order valence-electron chi connectivity index (χ3n) is 8.73. The molecule has 279 valence electrons. The van der Waals surface area contributed by atoms with Crippen molar-refractivity contribution in [1.29, 1.82) is 0 Å². The molecule has 3 aromatic rings. The number of carbonyl (C=O) groups is 7. The summed E-state index contributed by atoms with van der Waals surface area (Å²) in [5, 5.41) is 29.1. The Labute approximate surface area is 334 Å². The maximum Gasteiger partial charge on any atom is 0.327 e. The zero-order chi connectivity index (χ0) is 38.8. The third kappa shape index (κ3) is 9.12. The number of carbonyl (C=O) groups excluding carboxylic acids is 6. The van der Waals surface area contributed by atoms with E-state index in [1.165, 1.54) is 60.0 Å². The van der Waals surface area contributed by atoms with E-state index in [2.05, 4.69) is 26.3 Å². The van der Waals surface area contributed by atoms with Gasteiger partial charge in [-0.2, -0.15) is 0 Å². The first-order valence-corrected chi connectivity index (χ1v) is 17.2. The van der Waals surface area contributed by atoms with Gasteiger partial charge in [0.15, 0.2) is 0 Å². The molecule has 1 radical (unpaired) electrons. The van der Waals surface area contributed by atoms with E-state index in [1.807, 2.05) is 0 Å². The fraction of sp³-hybridized carbons (Fsp3) is 0.314. The summed E-state index contributed by atoms with van der Waals surface area (Å²) in [5.74, 6) is -5.22. The number of H-pyrrole nitrogens is 1. The van der Waals surface area contributed by atoms with Gasteiger partial charge in [-0.3, -0.25) is 33.6 Å². The second-order valence-electron chi connectivity index (χ2n) is 13.0. The smallest absolute Gasteiger partial charge is 0.327 e. The van der Waals surface area contributed by atoms with Crippen LogP contribution in [0.2, 0.25) is 0 Å². The van der Waals surface area contributed by atoms with E-state index in [0.717, 1.165) is 0 Å². The van der Waals surface area contributed by atoms with Gasteiger partial charge in [0.25, 0.3) is 11.5 Å². The number of primary amides is 1. The van der Waals surface area contributed by atoms with Gasteiger partial charge in [-0.05, 0) is 67.8 Å². The number of carboxylic acid groups (broad SMARTS) is 1. The molecule has 2 aliphatic rings. The summed E-state index contributed by atoms with van der Waals surface area (Å²) in [6.45, 7) is 4.63. The van der Waals surface area contributed by atoms with Gasteiger partial charge in [0.1, 0.15) is 40.9 Å². The van der Waals surface area contributed by atoms with E-state index >= 15 is 0 Å². The number of thioether (sulfide) groups is 1. The van der Waals surface area contributed by atoms with Crippen LogP contribution < -0.4 is 32.6 Å². The first-order valence-electron chi connectivity index (χ1n) is 16.3. The average Bonchev–Trinajstić information content (AvgIpc) is 3.35. The topological polar surface area (TPSA) is 270 Å². The number of aliphatic carboxylic acids is 1. The Morgan fingerprint density at radius 1 is 0.944 bits per heavy atom. The van der Waals surface area contributed by atoms with Crippen molar-refractivity contribution in [3.8, 4) is 17.0 Å². The van der Waals surface area contributed by atoms with Crippen LogP contribution in [0.25, 0.3) is 11.3 Å². The quantitative estimate of drug-likeness (QED) is 0.0858.